The molecular weight excluding hydrogens is 260 g/mol. The van der Waals surface area contributed by atoms with Gasteiger partial charge in [-0.3, -0.25) is 4.90 Å². The van der Waals surface area contributed by atoms with Crippen molar-refractivity contribution < 1.29 is 5.11 Å². The predicted octanol–water partition coefficient (Wildman–Crippen LogP) is 2.99. The Labute approximate surface area is 120 Å². The molecule has 3 nitrogen and oxygen atoms in total. The summed E-state index contributed by atoms with van der Waals surface area (Å²) < 4.78 is 0. The molecule has 2 rings (SSSR count). The maximum Gasteiger partial charge on any atom is 0.120 e. The van der Waals surface area contributed by atoms with Crippen LogP contribution in [-0.4, -0.2) is 48.6 Å². The van der Waals surface area contributed by atoms with Crippen LogP contribution in [0.4, 0.5) is 0 Å². The molecule has 1 aliphatic heterocycles. The van der Waals surface area contributed by atoms with Gasteiger partial charge in [-0.1, -0.05) is 11.6 Å². The van der Waals surface area contributed by atoms with E-state index in [9.17, 15) is 5.11 Å². The topological polar surface area (TPSA) is 26.7 Å². The lowest BCUT2D eigenvalue weighted by Gasteiger charge is -2.28. The van der Waals surface area contributed by atoms with Crippen LogP contribution in [-0.2, 0) is 0 Å². The summed E-state index contributed by atoms with van der Waals surface area (Å²) in [5, 5.41) is 10.6. The van der Waals surface area contributed by atoms with E-state index in [0.717, 1.165) is 18.0 Å². The van der Waals surface area contributed by atoms with Crippen LogP contribution in [0.5, 0.6) is 5.75 Å². The van der Waals surface area contributed by atoms with Gasteiger partial charge >= 0.3 is 0 Å². The molecule has 106 valence electrons. The molecule has 0 saturated carbocycles. The lowest BCUT2D eigenvalue weighted by atomic mass is 10.0. The van der Waals surface area contributed by atoms with Gasteiger partial charge in [0.25, 0.3) is 0 Å². The second-order valence-corrected chi connectivity index (χ2v) is 6.17. The van der Waals surface area contributed by atoms with E-state index in [0.29, 0.717) is 10.8 Å². The van der Waals surface area contributed by atoms with Crippen molar-refractivity contribution in [3.05, 3.63) is 28.8 Å². The maximum atomic E-state index is 9.96. The Morgan fingerprint density at radius 2 is 2.26 bits per heavy atom. The Morgan fingerprint density at radius 1 is 1.53 bits per heavy atom. The molecule has 4 heteroatoms. The molecule has 0 bridgehead atoms. The number of benzene rings is 1. The second kappa shape index (κ2) is 6.12. The van der Waals surface area contributed by atoms with Crippen LogP contribution in [0.25, 0.3) is 0 Å². The Hall–Kier alpha value is -0.770. The Bertz CT molecular complexity index is 438. The molecule has 1 aliphatic rings. The van der Waals surface area contributed by atoms with Crippen molar-refractivity contribution in [3.8, 4) is 5.75 Å². The fourth-order valence-electron chi connectivity index (χ4n) is 2.84. The minimum Gasteiger partial charge on any atom is -0.508 e. The van der Waals surface area contributed by atoms with Gasteiger partial charge in [0.15, 0.2) is 0 Å². The fraction of sp³-hybridized carbons (Fsp3) is 0.600. The molecule has 0 amide bonds. The first kappa shape index (κ1) is 14.6. The molecule has 2 atom stereocenters. The number of hydrogen-bond acceptors (Lipinski definition) is 3. The standard InChI is InChI=1S/C15H23ClN2O/c1-11(14-8-13(16)4-5-15(14)19)18(3)10-12-6-7-17(2)9-12/h4-5,8,11-12,19H,6-7,9-10H2,1-3H3. The summed E-state index contributed by atoms with van der Waals surface area (Å²) in [6.45, 7) is 5.52. The zero-order chi connectivity index (χ0) is 14.0. The van der Waals surface area contributed by atoms with E-state index in [1.165, 1.54) is 19.5 Å². The van der Waals surface area contributed by atoms with E-state index in [1.807, 2.05) is 6.07 Å². The van der Waals surface area contributed by atoms with Crippen LogP contribution in [0.1, 0.15) is 24.9 Å². The molecule has 1 saturated heterocycles. The zero-order valence-corrected chi connectivity index (χ0v) is 12.7. The minimum absolute atomic E-state index is 0.171. The van der Waals surface area contributed by atoms with Gasteiger partial charge < -0.3 is 10.0 Å². The van der Waals surface area contributed by atoms with Crippen molar-refractivity contribution in [2.45, 2.75) is 19.4 Å². The zero-order valence-electron chi connectivity index (χ0n) is 11.9. The summed E-state index contributed by atoms with van der Waals surface area (Å²) in [5.41, 5.74) is 0.904. The van der Waals surface area contributed by atoms with Gasteiger partial charge in [0.2, 0.25) is 0 Å². The van der Waals surface area contributed by atoms with Gasteiger partial charge in [-0.05, 0) is 58.1 Å². The van der Waals surface area contributed by atoms with Gasteiger partial charge in [0.1, 0.15) is 5.75 Å². The van der Waals surface area contributed by atoms with E-state index in [-0.39, 0.29) is 6.04 Å². The van der Waals surface area contributed by atoms with Crippen molar-refractivity contribution in [1.29, 1.82) is 0 Å². The predicted molar refractivity (Wildman–Crippen MR) is 79.8 cm³/mol. The third-order valence-electron chi connectivity index (χ3n) is 4.14. The van der Waals surface area contributed by atoms with Crippen LogP contribution < -0.4 is 0 Å². The first-order chi connectivity index (χ1) is 8.97. The molecule has 1 N–H and O–H groups in total. The van der Waals surface area contributed by atoms with Crippen LogP contribution in [0, 0.1) is 5.92 Å². The summed E-state index contributed by atoms with van der Waals surface area (Å²) in [7, 11) is 4.29. The second-order valence-electron chi connectivity index (χ2n) is 5.74. The van der Waals surface area contributed by atoms with E-state index < -0.39 is 0 Å². The smallest absolute Gasteiger partial charge is 0.120 e. The average molecular weight is 283 g/mol. The van der Waals surface area contributed by atoms with Crippen molar-refractivity contribution in [3.63, 3.8) is 0 Å². The highest BCUT2D eigenvalue weighted by Crippen LogP contribution is 2.31. The van der Waals surface area contributed by atoms with Crippen LogP contribution >= 0.6 is 11.6 Å². The van der Waals surface area contributed by atoms with Crippen LogP contribution in [0.2, 0.25) is 5.02 Å². The maximum absolute atomic E-state index is 9.96. The SMILES string of the molecule is CC(c1cc(Cl)ccc1O)N(C)CC1CCN(C)C1. The Morgan fingerprint density at radius 3 is 2.89 bits per heavy atom. The van der Waals surface area contributed by atoms with Gasteiger partial charge in [-0.25, -0.2) is 0 Å². The van der Waals surface area contributed by atoms with E-state index in [2.05, 4.69) is 30.8 Å². The van der Waals surface area contributed by atoms with Crippen molar-refractivity contribution in [2.24, 2.45) is 5.92 Å². The van der Waals surface area contributed by atoms with Crippen molar-refractivity contribution in [2.75, 3.05) is 33.7 Å². The highest BCUT2D eigenvalue weighted by molar-refractivity contribution is 6.30. The first-order valence-corrected chi connectivity index (χ1v) is 7.22. The molecular formula is C15H23ClN2O. The van der Waals surface area contributed by atoms with Gasteiger partial charge in [-0.15, -0.1) is 0 Å². The monoisotopic (exact) mass is 282 g/mol. The van der Waals surface area contributed by atoms with Crippen molar-refractivity contribution >= 4 is 11.6 Å². The van der Waals surface area contributed by atoms with Gasteiger partial charge in [-0.2, -0.15) is 0 Å². The third kappa shape index (κ3) is 3.62. The highest BCUT2D eigenvalue weighted by Gasteiger charge is 2.23. The summed E-state index contributed by atoms with van der Waals surface area (Å²) in [5.74, 6) is 1.05. The largest absolute Gasteiger partial charge is 0.508 e. The molecule has 0 aliphatic carbocycles. The van der Waals surface area contributed by atoms with Gasteiger partial charge in [0.05, 0.1) is 0 Å². The number of hydrogen-bond donors (Lipinski definition) is 1. The Balaban J connectivity index is 2.02. The quantitative estimate of drug-likeness (QED) is 0.920. The lowest BCUT2D eigenvalue weighted by Crippen LogP contribution is -2.29. The summed E-state index contributed by atoms with van der Waals surface area (Å²) in [6.07, 6.45) is 1.26. The van der Waals surface area contributed by atoms with E-state index >= 15 is 0 Å². The molecule has 1 aromatic rings. The lowest BCUT2D eigenvalue weighted by molar-refractivity contribution is 0.217. The molecule has 0 radical (unpaired) electrons. The number of rotatable bonds is 4. The molecule has 1 aromatic carbocycles. The molecule has 0 aromatic heterocycles. The van der Waals surface area contributed by atoms with Crippen LogP contribution in [0.15, 0.2) is 18.2 Å². The van der Waals surface area contributed by atoms with Gasteiger partial charge in [0, 0.05) is 29.7 Å². The molecule has 0 spiro atoms. The first-order valence-electron chi connectivity index (χ1n) is 6.84. The van der Waals surface area contributed by atoms with E-state index in [4.69, 9.17) is 11.6 Å². The number of aromatic hydroxyl groups is 1. The Kier molecular flexibility index (Phi) is 4.71. The number of likely N-dealkylation sites (tertiary alicyclic amines) is 1. The van der Waals surface area contributed by atoms with Crippen LogP contribution in [0.3, 0.4) is 0 Å². The average Bonchev–Trinajstić information content (AvgIpc) is 2.77. The van der Waals surface area contributed by atoms with Crippen molar-refractivity contribution in [1.82, 2.24) is 9.80 Å². The summed E-state index contributed by atoms with van der Waals surface area (Å²) >= 11 is 6.02. The molecule has 2 unspecified atom stereocenters. The summed E-state index contributed by atoms with van der Waals surface area (Å²) in [6, 6.07) is 5.42. The number of nitrogens with zero attached hydrogens (tertiary/aromatic N) is 2. The minimum atomic E-state index is 0.171. The fourth-order valence-corrected chi connectivity index (χ4v) is 3.02. The number of phenols is 1. The summed E-state index contributed by atoms with van der Waals surface area (Å²) in [4.78, 5) is 4.68. The molecule has 19 heavy (non-hydrogen) atoms. The third-order valence-corrected chi connectivity index (χ3v) is 4.37. The van der Waals surface area contributed by atoms with E-state index in [1.54, 1.807) is 12.1 Å². The number of phenolic OH excluding ortho intramolecular Hbond substituents is 1. The number of halogens is 1. The molecule has 1 heterocycles. The normalized spacial score (nSPS) is 22.1. The molecule has 1 fully saturated rings. The highest BCUT2D eigenvalue weighted by atomic mass is 35.5.